The first-order valence-corrected chi connectivity index (χ1v) is 7.03. The van der Waals surface area contributed by atoms with E-state index in [9.17, 15) is 14.4 Å². The first-order chi connectivity index (χ1) is 9.45. The van der Waals surface area contributed by atoms with Gasteiger partial charge in [0.25, 0.3) is 5.91 Å². The minimum Gasteiger partial charge on any atom is -0.477 e. The highest BCUT2D eigenvalue weighted by atomic mass is 32.1. The summed E-state index contributed by atoms with van der Waals surface area (Å²) in [5.41, 5.74) is 0.157. The first-order valence-electron chi connectivity index (χ1n) is 5.33. The van der Waals surface area contributed by atoms with Crippen LogP contribution in [0.1, 0.15) is 27.1 Å². The van der Waals surface area contributed by atoms with Gasteiger partial charge in [-0.3, -0.25) is 9.59 Å². The smallest absolute Gasteiger partial charge is 0.345 e. The van der Waals surface area contributed by atoms with E-state index < -0.39 is 11.9 Å². The molecule has 2 aromatic rings. The van der Waals surface area contributed by atoms with Crippen LogP contribution in [0.5, 0.6) is 0 Å². The third-order valence-corrected chi connectivity index (χ3v) is 3.82. The number of thiophene rings is 1. The Kier molecular flexibility index (Phi) is 4.11. The number of hydrogen-bond acceptors (Lipinski definition) is 6. The van der Waals surface area contributed by atoms with E-state index in [4.69, 9.17) is 5.11 Å². The van der Waals surface area contributed by atoms with Gasteiger partial charge in [0.15, 0.2) is 5.13 Å². The van der Waals surface area contributed by atoms with Gasteiger partial charge in [-0.2, -0.15) is 0 Å². The van der Waals surface area contributed by atoms with Crippen molar-refractivity contribution in [1.29, 1.82) is 0 Å². The molecule has 2 heterocycles. The number of carbonyl (C=O) groups excluding carboxylic acids is 2. The highest BCUT2D eigenvalue weighted by molar-refractivity contribution is 7.18. The lowest BCUT2D eigenvalue weighted by Crippen LogP contribution is -2.12. The van der Waals surface area contributed by atoms with Crippen LogP contribution in [-0.4, -0.2) is 27.9 Å². The Labute approximate surface area is 121 Å². The molecule has 9 heteroatoms. The Morgan fingerprint density at radius 3 is 2.60 bits per heavy atom. The maximum absolute atomic E-state index is 11.9. The number of aromatic nitrogens is 1. The predicted octanol–water partition coefficient (Wildman–Crippen LogP) is 2.11. The molecular weight excluding hydrogens is 302 g/mol. The first kappa shape index (κ1) is 14.2. The summed E-state index contributed by atoms with van der Waals surface area (Å²) in [6.07, 6.45) is 0. The molecule has 7 nitrogen and oxygen atoms in total. The Hall–Kier alpha value is -2.26. The van der Waals surface area contributed by atoms with Crippen molar-refractivity contribution in [1.82, 2.24) is 4.98 Å². The van der Waals surface area contributed by atoms with Gasteiger partial charge in [-0.05, 0) is 12.1 Å². The zero-order chi connectivity index (χ0) is 14.7. The molecule has 0 atom stereocenters. The molecule has 0 fully saturated rings. The average Bonchev–Trinajstić information content (AvgIpc) is 2.97. The van der Waals surface area contributed by atoms with Gasteiger partial charge in [0, 0.05) is 12.3 Å². The molecule has 2 rings (SSSR count). The number of carbonyl (C=O) groups is 3. The molecule has 20 heavy (non-hydrogen) atoms. The number of carboxylic acids is 1. The number of thiazole rings is 1. The lowest BCUT2D eigenvalue weighted by atomic mass is 10.4. The quantitative estimate of drug-likeness (QED) is 0.801. The fraction of sp³-hybridized carbons (Fsp3) is 0.0909. The molecule has 0 aliphatic carbocycles. The van der Waals surface area contributed by atoms with Crippen LogP contribution in [-0.2, 0) is 4.79 Å². The van der Waals surface area contributed by atoms with Gasteiger partial charge in [-0.1, -0.05) is 0 Å². The Morgan fingerprint density at radius 2 is 2.00 bits per heavy atom. The van der Waals surface area contributed by atoms with E-state index in [2.05, 4.69) is 15.6 Å². The Balaban J connectivity index is 2.05. The third-order valence-electron chi connectivity index (χ3n) is 2.07. The zero-order valence-corrected chi connectivity index (χ0v) is 11.8. The lowest BCUT2D eigenvalue weighted by molar-refractivity contribution is -0.114. The molecular formula is C11H9N3O4S2. The number of nitrogens with one attached hydrogen (secondary N) is 2. The molecule has 2 amide bonds. The Morgan fingerprint density at radius 1 is 1.25 bits per heavy atom. The van der Waals surface area contributed by atoms with Gasteiger partial charge in [0.2, 0.25) is 5.91 Å². The predicted molar refractivity (Wildman–Crippen MR) is 75.6 cm³/mol. The second-order valence-electron chi connectivity index (χ2n) is 3.64. The van der Waals surface area contributed by atoms with Crippen molar-refractivity contribution in [3.63, 3.8) is 0 Å². The maximum Gasteiger partial charge on any atom is 0.345 e. The van der Waals surface area contributed by atoms with Crippen LogP contribution in [0.3, 0.4) is 0 Å². The van der Waals surface area contributed by atoms with E-state index in [1.165, 1.54) is 24.4 Å². The van der Waals surface area contributed by atoms with Crippen molar-refractivity contribution >= 4 is 50.6 Å². The van der Waals surface area contributed by atoms with Crippen LogP contribution < -0.4 is 10.6 Å². The van der Waals surface area contributed by atoms with E-state index in [0.717, 1.165) is 22.7 Å². The summed E-state index contributed by atoms with van der Waals surface area (Å²) in [6, 6.07) is 2.92. The zero-order valence-electron chi connectivity index (χ0n) is 10.2. The molecule has 104 valence electrons. The van der Waals surface area contributed by atoms with Crippen molar-refractivity contribution in [2.75, 3.05) is 10.6 Å². The van der Waals surface area contributed by atoms with E-state index in [-0.39, 0.29) is 16.5 Å². The molecule has 0 aliphatic heterocycles. The molecule has 0 saturated heterocycles. The molecule has 0 saturated carbocycles. The lowest BCUT2D eigenvalue weighted by Gasteiger charge is -1.98. The number of carboxylic acid groups (broad SMARTS) is 1. The molecule has 0 aromatic carbocycles. The largest absolute Gasteiger partial charge is 0.477 e. The summed E-state index contributed by atoms with van der Waals surface area (Å²) >= 11 is 2.09. The third kappa shape index (κ3) is 3.39. The molecule has 0 radical (unpaired) electrons. The van der Waals surface area contributed by atoms with Crippen LogP contribution in [0.15, 0.2) is 17.5 Å². The monoisotopic (exact) mass is 311 g/mol. The number of rotatable bonds is 4. The summed E-state index contributed by atoms with van der Waals surface area (Å²) in [5.74, 6) is -1.77. The maximum atomic E-state index is 11.9. The average molecular weight is 311 g/mol. The van der Waals surface area contributed by atoms with Gasteiger partial charge in [0.1, 0.15) is 10.6 Å². The second kappa shape index (κ2) is 5.80. The minimum atomic E-state index is -1.04. The summed E-state index contributed by atoms with van der Waals surface area (Å²) < 4.78 is 0. The molecule has 2 aromatic heterocycles. The van der Waals surface area contributed by atoms with Crippen LogP contribution in [0.4, 0.5) is 10.1 Å². The highest BCUT2D eigenvalue weighted by Crippen LogP contribution is 2.23. The number of hydrogen-bond donors (Lipinski definition) is 3. The molecule has 0 aliphatic rings. The van der Waals surface area contributed by atoms with Crippen LogP contribution in [0, 0.1) is 0 Å². The van der Waals surface area contributed by atoms with Crippen LogP contribution in [0.2, 0.25) is 0 Å². The standard InChI is InChI=1S/C11H9N3O4S2/c1-5(15)12-11-13-6(4-19-11)9(16)14-8-3-2-7(20-8)10(17)18/h2-4H,1H3,(H,14,16)(H,17,18)(H,12,13,15). The molecule has 0 spiro atoms. The number of nitrogens with zero attached hydrogens (tertiary/aromatic N) is 1. The fourth-order valence-corrected chi connectivity index (χ4v) is 2.76. The van der Waals surface area contributed by atoms with Gasteiger partial charge in [-0.25, -0.2) is 9.78 Å². The van der Waals surface area contributed by atoms with E-state index in [1.807, 2.05) is 0 Å². The van der Waals surface area contributed by atoms with Gasteiger partial charge in [0.05, 0.1) is 5.00 Å². The second-order valence-corrected chi connectivity index (χ2v) is 5.58. The summed E-state index contributed by atoms with van der Waals surface area (Å²) in [4.78, 5) is 37.5. The van der Waals surface area contributed by atoms with Crippen molar-refractivity contribution in [2.24, 2.45) is 0 Å². The summed E-state index contributed by atoms with van der Waals surface area (Å²) in [7, 11) is 0. The van der Waals surface area contributed by atoms with Crippen molar-refractivity contribution in [3.05, 3.63) is 28.1 Å². The van der Waals surface area contributed by atoms with Gasteiger partial charge >= 0.3 is 5.97 Å². The van der Waals surface area contributed by atoms with E-state index in [0.29, 0.717) is 10.1 Å². The van der Waals surface area contributed by atoms with E-state index in [1.54, 1.807) is 0 Å². The van der Waals surface area contributed by atoms with Crippen LogP contribution >= 0.6 is 22.7 Å². The normalized spacial score (nSPS) is 10.1. The molecule has 0 bridgehead atoms. The van der Waals surface area contributed by atoms with Crippen LogP contribution in [0.25, 0.3) is 0 Å². The van der Waals surface area contributed by atoms with Gasteiger partial charge in [-0.15, -0.1) is 22.7 Å². The number of anilines is 2. The SMILES string of the molecule is CC(=O)Nc1nc(C(=O)Nc2ccc(C(=O)O)s2)cs1. The number of amides is 2. The van der Waals surface area contributed by atoms with Crippen molar-refractivity contribution in [2.45, 2.75) is 6.92 Å². The molecule has 3 N–H and O–H groups in total. The fourth-order valence-electron chi connectivity index (χ4n) is 1.28. The summed E-state index contributed by atoms with van der Waals surface area (Å²) in [6.45, 7) is 1.35. The topological polar surface area (TPSA) is 108 Å². The van der Waals surface area contributed by atoms with Gasteiger partial charge < -0.3 is 15.7 Å². The highest BCUT2D eigenvalue weighted by Gasteiger charge is 2.14. The molecule has 0 unspecified atom stereocenters. The van der Waals surface area contributed by atoms with Crippen molar-refractivity contribution in [3.8, 4) is 0 Å². The summed E-state index contributed by atoms with van der Waals surface area (Å²) in [5, 5.41) is 16.1. The van der Waals surface area contributed by atoms with E-state index >= 15 is 0 Å². The Bertz CT molecular complexity index is 677. The van der Waals surface area contributed by atoms with Crippen molar-refractivity contribution < 1.29 is 19.5 Å². The minimum absolute atomic E-state index is 0.137. The number of aromatic carboxylic acids is 1.